The van der Waals surface area contributed by atoms with Crippen molar-refractivity contribution in [2.45, 2.75) is 19.1 Å². The summed E-state index contributed by atoms with van der Waals surface area (Å²) in [4.78, 5) is 0. The van der Waals surface area contributed by atoms with Crippen LogP contribution in [-0.2, 0) is 17.6 Å². The highest BCUT2D eigenvalue weighted by Crippen LogP contribution is 2.35. The van der Waals surface area contributed by atoms with Crippen molar-refractivity contribution in [3.05, 3.63) is 24.0 Å². The van der Waals surface area contributed by atoms with E-state index in [1.807, 2.05) is 0 Å². The normalized spacial score (nSPS) is 12.8. The second kappa shape index (κ2) is 4.63. The van der Waals surface area contributed by atoms with Gasteiger partial charge in [-0.3, -0.25) is 0 Å². The van der Waals surface area contributed by atoms with Gasteiger partial charge < -0.3 is 4.74 Å². The van der Waals surface area contributed by atoms with Crippen molar-refractivity contribution in [1.82, 2.24) is 9.78 Å². The van der Waals surface area contributed by atoms with E-state index in [-0.39, 0.29) is 6.07 Å². The molecule has 0 atom stereocenters. The van der Waals surface area contributed by atoms with Crippen LogP contribution in [0, 0.1) is 0 Å². The molecular formula is C9H8F6N2O. The molecule has 102 valence electrons. The number of alkyl halides is 6. The largest absolute Gasteiger partial charge is 0.433 e. The molecular weight excluding hydrogens is 266 g/mol. The Kier molecular flexibility index (Phi) is 3.75. The quantitative estimate of drug-likeness (QED) is 0.792. The molecule has 0 bridgehead atoms. The first kappa shape index (κ1) is 14.6. The second-order valence-electron chi connectivity index (χ2n) is 3.31. The average molecular weight is 274 g/mol. The first-order valence-corrected chi connectivity index (χ1v) is 4.48. The minimum Gasteiger partial charge on any atom is -0.362 e. The molecule has 0 N–H and O–H groups in total. The van der Waals surface area contributed by atoms with Gasteiger partial charge in [-0.05, 0) is 6.07 Å². The number of aromatic nitrogens is 2. The first-order chi connectivity index (χ1) is 8.07. The fourth-order valence-electron chi connectivity index (χ4n) is 1.16. The molecule has 0 unspecified atom stereocenters. The molecule has 0 radical (unpaired) electrons. The van der Waals surface area contributed by atoms with Gasteiger partial charge in [0.2, 0.25) is 0 Å². The Balaban J connectivity index is 3.22. The van der Waals surface area contributed by atoms with Crippen molar-refractivity contribution in [2.75, 3.05) is 7.11 Å². The smallest absolute Gasteiger partial charge is 0.362 e. The Hall–Kier alpha value is -1.51. The summed E-state index contributed by atoms with van der Waals surface area (Å²) in [5.41, 5.74) is -3.65. The van der Waals surface area contributed by atoms with Crippen LogP contribution in [0.15, 0.2) is 12.6 Å². The number of halogens is 6. The number of ether oxygens (including phenoxy) is 1. The Morgan fingerprint density at radius 3 is 2.28 bits per heavy atom. The molecule has 0 saturated carbocycles. The van der Waals surface area contributed by atoms with Crippen molar-refractivity contribution in [2.24, 2.45) is 0 Å². The van der Waals surface area contributed by atoms with Crippen LogP contribution in [0.4, 0.5) is 26.3 Å². The molecule has 0 aromatic carbocycles. The lowest BCUT2D eigenvalue weighted by Gasteiger charge is -2.08. The number of rotatable bonds is 3. The molecule has 0 saturated heterocycles. The van der Waals surface area contributed by atoms with E-state index in [2.05, 4.69) is 16.4 Å². The predicted molar refractivity (Wildman–Crippen MR) is 49.3 cm³/mol. The molecule has 1 aromatic heterocycles. The van der Waals surface area contributed by atoms with E-state index in [0.29, 0.717) is 4.68 Å². The topological polar surface area (TPSA) is 27.1 Å². The Morgan fingerprint density at radius 2 is 1.89 bits per heavy atom. The third kappa shape index (κ3) is 3.03. The maximum absolute atomic E-state index is 12.5. The van der Waals surface area contributed by atoms with Crippen LogP contribution < -0.4 is 0 Å². The predicted octanol–water partition coefficient (Wildman–Crippen LogP) is 3.08. The summed E-state index contributed by atoms with van der Waals surface area (Å²) in [7, 11) is 1.10. The Bertz CT molecular complexity index is 445. The lowest BCUT2D eigenvalue weighted by molar-refractivity contribution is -0.146. The molecule has 9 heteroatoms. The molecule has 0 aliphatic rings. The number of nitrogens with zero attached hydrogens (tertiary/aromatic N) is 2. The standard InChI is InChI=1S/C9H8F6N2O/c1-5(8(10,11)12)6-3-7(9(13,14)15)17(16-6)4-18-2/h3H,1,4H2,2H3. The fourth-order valence-corrected chi connectivity index (χ4v) is 1.16. The molecule has 3 nitrogen and oxygen atoms in total. The van der Waals surface area contributed by atoms with Gasteiger partial charge in [-0.25, -0.2) is 4.68 Å². The minimum atomic E-state index is -4.84. The summed E-state index contributed by atoms with van der Waals surface area (Å²) in [6, 6.07) is 0.287. The zero-order valence-electron chi connectivity index (χ0n) is 9.06. The number of hydrogen-bond acceptors (Lipinski definition) is 2. The number of methoxy groups -OCH3 is 1. The van der Waals surface area contributed by atoms with E-state index in [9.17, 15) is 26.3 Å². The summed E-state index contributed by atoms with van der Waals surface area (Å²) in [6.07, 6.45) is -9.66. The molecule has 0 spiro atoms. The van der Waals surface area contributed by atoms with Gasteiger partial charge in [0.15, 0.2) is 0 Å². The zero-order valence-corrected chi connectivity index (χ0v) is 9.06. The Labute approximate surface area is 97.6 Å². The number of allylic oxidation sites excluding steroid dienone is 1. The van der Waals surface area contributed by atoms with Crippen LogP contribution in [0.1, 0.15) is 11.4 Å². The van der Waals surface area contributed by atoms with E-state index >= 15 is 0 Å². The van der Waals surface area contributed by atoms with Crippen LogP contribution in [0.3, 0.4) is 0 Å². The van der Waals surface area contributed by atoms with Gasteiger partial charge in [-0.15, -0.1) is 0 Å². The van der Waals surface area contributed by atoms with Crippen LogP contribution in [0.25, 0.3) is 5.57 Å². The third-order valence-electron chi connectivity index (χ3n) is 1.97. The average Bonchev–Trinajstić information content (AvgIpc) is 2.59. The first-order valence-electron chi connectivity index (χ1n) is 4.48. The van der Waals surface area contributed by atoms with Gasteiger partial charge in [0.1, 0.15) is 12.4 Å². The van der Waals surface area contributed by atoms with Gasteiger partial charge in [0, 0.05) is 7.11 Å². The lowest BCUT2D eigenvalue weighted by Crippen LogP contribution is -2.15. The van der Waals surface area contributed by atoms with Gasteiger partial charge in [0.25, 0.3) is 0 Å². The third-order valence-corrected chi connectivity index (χ3v) is 1.97. The SMILES string of the molecule is C=C(c1cc(C(F)(F)F)n(COC)n1)C(F)(F)F. The van der Waals surface area contributed by atoms with Gasteiger partial charge in [-0.1, -0.05) is 6.58 Å². The highest BCUT2D eigenvalue weighted by atomic mass is 19.4. The van der Waals surface area contributed by atoms with Crippen molar-refractivity contribution in [3.8, 4) is 0 Å². The van der Waals surface area contributed by atoms with Crippen LogP contribution >= 0.6 is 0 Å². The molecule has 0 amide bonds. The molecule has 18 heavy (non-hydrogen) atoms. The molecule has 1 heterocycles. The summed E-state index contributed by atoms with van der Waals surface area (Å²) in [5.74, 6) is 0. The lowest BCUT2D eigenvalue weighted by atomic mass is 10.2. The monoisotopic (exact) mass is 274 g/mol. The second-order valence-corrected chi connectivity index (χ2v) is 3.31. The molecule has 0 aliphatic heterocycles. The fraction of sp³-hybridized carbons (Fsp3) is 0.444. The van der Waals surface area contributed by atoms with E-state index in [1.54, 1.807) is 0 Å². The Morgan fingerprint density at radius 1 is 1.33 bits per heavy atom. The van der Waals surface area contributed by atoms with Gasteiger partial charge in [-0.2, -0.15) is 31.4 Å². The van der Waals surface area contributed by atoms with Crippen molar-refractivity contribution in [1.29, 1.82) is 0 Å². The maximum atomic E-state index is 12.5. The minimum absolute atomic E-state index is 0.287. The van der Waals surface area contributed by atoms with Crippen molar-refractivity contribution >= 4 is 5.57 Å². The van der Waals surface area contributed by atoms with Crippen LogP contribution in [0.2, 0.25) is 0 Å². The highest BCUT2D eigenvalue weighted by molar-refractivity contribution is 5.64. The van der Waals surface area contributed by atoms with Gasteiger partial charge >= 0.3 is 12.4 Å². The van der Waals surface area contributed by atoms with E-state index < -0.39 is 36.0 Å². The van der Waals surface area contributed by atoms with Crippen LogP contribution in [-0.4, -0.2) is 23.1 Å². The summed E-state index contributed by atoms with van der Waals surface area (Å²) in [5, 5.41) is 3.18. The summed E-state index contributed by atoms with van der Waals surface area (Å²) < 4.78 is 79.2. The number of hydrogen-bond donors (Lipinski definition) is 0. The van der Waals surface area contributed by atoms with E-state index in [1.165, 1.54) is 0 Å². The molecule has 1 rings (SSSR count). The van der Waals surface area contributed by atoms with Gasteiger partial charge in [0.05, 0.1) is 11.3 Å². The van der Waals surface area contributed by atoms with Crippen molar-refractivity contribution in [3.63, 3.8) is 0 Å². The van der Waals surface area contributed by atoms with E-state index in [4.69, 9.17) is 0 Å². The molecule has 0 fully saturated rings. The highest BCUT2D eigenvalue weighted by Gasteiger charge is 2.40. The molecule has 1 aromatic rings. The molecule has 0 aliphatic carbocycles. The van der Waals surface area contributed by atoms with Crippen LogP contribution in [0.5, 0.6) is 0 Å². The summed E-state index contributed by atoms with van der Waals surface area (Å²) in [6.45, 7) is 2.07. The maximum Gasteiger partial charge on any atom is 0.433 e. The summed E-state index contributed by atoms with van der Waals surface area (Å²) >= 11 is 0. The van der Waals surface area contributed by atoms with Crippen molar-refractivity contribution < 1.29 is 31.1 Å². The van der Waals surface area contributed by atoms with E-state index in [0.717, 1.165) is 7.11 Å². The zero-order chi connectivity index (χ0) is 14.1.